The Labute approximate surface area is 187 Å². The third-order valence-corrected chi connectivity index (χ3v) is 8.96. The van der Waals surface area contributed by atoms with Crippen LogP contribution in [0.15, 0.2) is 11.6 Å². The molecule has 32 heavy (non-hydrogen) atoms. The molecule has 0 radical (unpaired) electrons. The number of rotatable bonds is 4. The molecule has 0 aromatic carbocycles. The first-order valence-electron chi connectivity index (χ1n) is 11.6. The van der Waals surface area contributed by atoms with Gasteiger partial charge in [-0.1, -0.05) is 13.8 Å². The largest absolute Gasteiger partial charge is 0.465 e. The summed E-state index contributed by atoms with van der Waals surface area (Å²) in [6.45, 7) is 8.28. The molecule has 1 spiro atoms. The maximum atomic E-state index is 12.1. The molecule has 8 heteroatoms. The zero-order chi connectivity index (χ0) is 22.9. The minimum absolute atomic E-state index is 0.0198. The van der Waals surface area contributed by atoms with Gasteiger partial charge in [0.15, 0.2) is 0 Å². The minimum Gasteiger partial charge on any atom is -0.465 e. The Kier molecular flexibility index (Phi) is 4.98. The van der Waals surface area contributed by atoms with Gasteiger partial charge in [0.1, 0.15) is 24.9 Å². The van der Waals surface area contributed by atoms with Crippen molar-refractivity contribution in [3.63, 3.8) is 0 Å². The second-order valence-corrected chi connectivity index (χ2v) is 10.6. The van der Waals surface area contributed by atoms with Crippen LogP contribution in [-0.2, 0) is 38.1 Å². The summed E-state index contributed by atoms with van der Waals surface area (Å²) in [7, 11) is 0. The van der Waals surface area contributed by atoms with E-state index in [0.29, 0.717) is 13.0 Å². The number of cyclic esters (lactones) is 1. The van der Waals surface area contributed by atoms with Gasteiger partial charge in [0.2, 0.25) is 0 Å². The van der Waals surface area contributed by atoms with Gasteiger partial charge in [-0.2, -0.15) is 0 Å². The molecule has 176 valence electrons. The molecule has 8 nitrogen and oxygen atoms in total. The highest BCUT2D eigenvalue weighted by atomic mass is 16.6. The van der Waals surface area contributed by atoms with Crippen molar-refractivity contribution in [1.82, 2.24) is 0 Å². The molecule has 0 aromatic rings. The summed E-state index contributed by atoms with van der Waals surface area (Å²) < 4.78 is 29.6. The Morgan fingerprint density at radius 2 is 2.00 bits per heavy atom. The predicted molar refractivity (Wildman–Crippen MR) is 110 cm³/mol. The van der Waals surface area contributed by atoms with Gasteiger partial charge in [-0.15, -0.1) is 0 Å². The molecule has 8 atom stereocenters. The highest BCUT2D eigenvalue weighted by Crippen LogP contribution is 2.71. The maximum absolute atomic E-state index is 12.1. The number of ether oxygens (including phenoxy) is 5. The molecule has 0 amide bonds. The van der Waals surface area contributed by atoms with Crippen molar-refractivity contribution in [2.75, 3.05) is 19.8 Å². The van der Waals surface area contributed by atoms with Gasteiger partial charge < -0.3 is 23.7 Å². The molecule has 2 aliphatic carbocycles. The fourth-order valence-corrected chi connectivity index (χ4v) is 7.32. The first kappa shape index (κ1) is 21.9. The summed E-state index contributed by atoms with van der Waals surface area (Å²) >= 11 is 0. The van der Waals surface area contributed by atoms with Crippen LogP contribution in [0.5, 0.6) is 0 Å². The molecule has 2 saturated heterocycles. The van der Waals surface area contributed by atoms with E-state index < -0.39 is 17.1 Å². The van der Waals surface area contributed by atoms with Crippen molar-refractivity contribution in [2.24, 2.45) is 22.7 Å². The monoisotopic (exact) mass is 448 g/mol. The van der Waals surface area contributed by atoms with E-state index in [4.69, 9.17) is 23.7 Å². The highest BCUT2D eigenvalue weighted by Gasteiger charge is 2.78. The molecule has 3 aliphatic heterocycles. The van der Waals surface area contributed by atoms with Crippen molar-refractivity contribution >= 4 is 17.9 Å². The molecule has 3 heterocycles. The summed E-state index contributed by atoms with van der Waals surface area (Å²) in [5.74, 6) is -0.814. The molecule has 2 saturated carbocycles. The second kappa shape index (κ2) is 7.29. The molecule has 5 aliphatic rings. The van der Waals surface area contributed by atoms with Crippen molar-refractivity contribution in [3.8, 4) is 0 Å². The van der Waals surface area contributed by atoms with E-state index in [1.165, 1.54) is 13.8 Å². The Morgan fingerprint density at radius 3 is 2.59 bits per heavy atom. The van der Waals surface area contributed by atoms with Crippen molar-refractivity contribution < 1.29 is 38.1 Å². The third kappa shape index (κ3) is 3.05. The molecule has 0 aromatic heterocycles. The fraction of sp³-hybridized carbons (Fsp3) is 0.792. The molecule has 0 bridgehead atoms. The average Bonchev–Trinajstić information content (AvgIpc) is 3.37. The van der Waals surface area contributed by atoms with Crippen LogP contribution >= 0.6 is 0 Å². The number of fused-ring (bicyclic) bond motifs is 1. The normalized spacial score (nSPS) is 46.7. The van der Waals surface area contributed by atoms with E-state index in [1.807, 2.05) is 0 Å². The number of esters is 3. The zero-order valence-electron chi connectivity index (χ0n) is 19.2. The first-order chi connectivity index (χ1) is 15.1. The van der Waals surface area contributed by atoms with Crippen LogP contribution in [0.4, 0.5) is 0 Å². The number of carbonyl (C=O) groups is 3. The lowest BCUT2D eigenvalue weighted by Gasteiger charge is -2.67. The average molecular weight is 449 g/mol. The van der Waals surface area contributed by atoms with Crippen LogP contribution in [0.2, 0.25) is 0 Å². The van der Waals surface area contributed by atoms with E-state index in [9.17, 15) is 14.4 Å². The maximum Gasteiger partial charge on any atom is 0.331 e. The Morgan fingerprint density at radius 1 is 1.25 bits per heavy atom. The van der Waals surface area contributed by atoms with Crippen LogP contribution < -0.4 is 0 Å². The summed E-state index contributed by atoms with van der Waals surface area (Å²) in [5.41, 5.74) is -0.448. The number of carbonyl (C=O) groups excluding carboxylic acids is 3. The lowest BCUT2D eigenvalue weighted by Crippen LogP contribution is -2.72. The van der Waals surface area contributed by atoms with Crippen LogP contribution in [0.1, 0.15) is 53.4 Å². The summed E-state index contributed by atoms with van der Waals surface area (Å²) in [6.07, 6.45) is 3.76. The molecule has 5 rings (SSSR count). The first-order valence-corrected chi connectivity index (χ1v) is 11.6. The van der Waals surface area contributed by atoms with E-state index in [1.54, 1.807) is 6.08 Å². The van der Waals surface area contributed by atoms with Crippen molar-refractivity contribution in [3.05, 3.63) is 11.6 Å². The third-order valence-electron chi connectivity index (χ3n) is 8.96. The lowest BCUT2D eigenvalue weighted by atomic mass is 9.41. The number of hydrogen-bond acceptors (Lipinski definition) is 8. The predicted octanol–water partition coefficient (Wildman–Crippen LogP) is 2.33. The van der Waals surface area contributed by atoms with Gasteiger partial charge in [0, 0.05) is 31.4 Å². The molecular weight excluding hydrogens is 416 g/mol. The molecule has 0 N–H and O–H groups in total. The van der Waals surface area contributed by atoms with E-state index in [0.717, 1.165) is 24.8 Å². The van der Waals surface area contributed by atoms with Crippen LogP contribution in [0.3, 0.4) is 0 Å². The highest BCUT2D eigenvalue weighted by molar-refractivity contribution is 5.85. The summed E-state index contributed by atoms with van der Waals surface area (Å²) in [6, 6.07) is 0. The van der Waals surface area contributed by atoms with Crippen LogP contribution in [-0.4, -0.2) is 61.6 Å². The smallest absolute Gasteiger partial charge is 0.331 e. The van der Waals surface area contributed by atoms with Gasteiger partial charge in [-0.05, 0) is 37.0 Å². The van der Waals surface area contributed by atoms with Gasteiger partial charge in [0.25, 0.3) is 0 Å². The van der Waals surface area contributed by atoms with E-state index in [2.05, 4.69) is 13.8 Å². The molecular formula is C24H32O8. The molecule has 0 unspecified atom stereocenters. The standard InChI is InChI=1S/C24H32O8/c1-13-7-19(31-15(3)26)24(12-29-14(2)25)21-17(5-6-23(24)11-30-23)32-18(9-22(13,21)4)16-8-20(27)28-10-16/h8,13,17-19,21H,5-7,9-12H2,1-4H3/t13-,17-,18-,19+,21-,22+,23+,24-/m1/s1. The summed E-state index contributed by atoms with van der Waals surface area (Å²) in [5, 5.41) is 0. The number of hydrogen-bond donors (Lipinski definition) is 0. The van der Waals surface area contributed by atoms with Crippen LogP contribution in [0.25, 0.3) is 0 Å². The SMILES string of the molecule is CC(=O)OC[C@]12[C@@H](OC(C)=O)C[C@@H](C)[C@]3(C)C[C@H](C4=CC(=O)OC4)O[C@H](CC[C@]14CO4)[C@H]32. The fourth-order valence-electron chi connectivity index (χ4n) is 7.32. The van der Waals surface area contributed by atoms with Gasteiger partial charge in [-0.3, -0.25) is 9.59 Å². The van der Waals surface area contributed by atoms with Gasteiger partial charge >= 0.3 is 17.9 Å². The molecule has 4 fully saturated rings. The lowest BCUT2D eigenvalue weighted by molar-refractivity contribution is -0.288. The van der Waals surface area contributed by atoms with Gasteiger partial charge in [0.05, 0.1) is 24.2 Å². The van der Waals surface area contributed by atoms with Crippen molar-refractivity contribution in [1.29, 1.82) is 0 Å². The van der Waals surface area contributed by atoms with Crippen LogP contribution in [0, 0.1) is 22.7 Å². The Balaban J connectivity index is 1.59. The minimum atomic E-state index is -0.671. The van der Waals surface area contributed by atoms with Crippen molar-refractivity contribution in [2.45, 2.75) is 77.3 Å². The van der Waals surface area contributed by atoms with E-state index in [-0.39, 0.29) is 60.6 Å². The Bertz CT molecular complexity index is 875. The van der Waals surface area contributed by atoms with Gasteiger partial charge in [-0.25, -0.2) is 4.79 Å². The second-order valence-electron chi connectivity index (χ2n) is 10.6. The topological polar surface area (TPSA) is 101 Å². The quantitative estimate of drug-likeness (QED) is 0.367. The summed E-state index contributed by atoms with van der Waals surface area (Å²) in [4.78, 5) is 35.8. The Hall–Kier alpha value is -1.93. The number of epoxide rings is 1. The zero-order valence-corrected chi connectivity index (χ0v) is 19.2. The van der Waals surface area contributed by atoms with E-state index >= 15 is 0 Å².